The fraction of sp³-hybridized carbons (Fsp3) is 0.176. The van der Waals surface area contributed by atoms with Crippen LogP contribution in [0.5, 0.6) is 5.75 Å². The fourth-order valence-electron chi connectivity index (χ4n) is 2.00. The molecule has 1 amide bonds. The van der Waals surface area contributed by atoms with E-state index < -0.39 is 0 Å². The SMILES string of the molecule is Cc1cc(OCc2nc(C(=O)NCc3ccco3)cs2)ccc1Cl. The molecule has 1 aromatic carbocycles. The number of rotatable bonds is 6. The first-order chi connectivity index (χ1) is 11.6. The molecule has 24 heavy (non-hydrogen) atoms. The lowest BCUT2D eigenvalue weighted by Gasteiger charge is -2.05. The lowest BCUT2D eigenvalue weighted by molar-refractivity contribution is 0.0943. The number of carbonyl (C=O) groups is 1. The largest absolute Gasteiger partial charge is 0.486 e. The summed E-state index contributed by atoms with van der Waals surface area (Å²) in [5, 5.41) is 5.90. The smallest absolute Gasteiger partial charge is 0.271 e. The quantitative estimate of drug-likeness (QED) is 0.713. The minimum Gasteiger partial charge on any atom is -0.486 e. The van der Waals surface area contributed by atoms with Gasteiger partial charge in [0.15, 0.2) is 0 Å². The van der Waals surface area contributed by atoms with Crippen LogP contribution in [0.25, 0.3) is 0 Å². The molecule has 3 rings (SSSR count). The van der Waals surface area contributed by atoms with Gasteiger partial charge in [0.2, 0.25) is 0 Å². The van der Waals surface area contributed by atoms with Crippen molar-refractivity contribution in [3.05, 3.63) is 69.0 Å². The van der Waals surface area contributed by atoms with Crippen molar-refractivity contribution >= 4 is 28.8 Å². The van der Waals surface area contributed by atoms with Crippen molar-refractivity contribution in [2.45, 2.75) is 20.1 Å². The van der Waals surface area contributed by atoms with Gasteiger partial charge in [-0.1, -0.05) is 11.6 Å². The van der Waals surface area contributed by atoms with E-state index in [9.17, 15) is 4.79 Å². The van der Waals surface area contributed by atoms with Crippen molar-refractivity contribution in [1.82, 2.24) is 10.3 Å². The lowest BCUT2D eigenvalue weighted by atomic mass is 10.2. The van der Waals surface area contributed by atoms with E-state index in [0.29, 0.717) is 29.6 Å². The van der Waals surface area contributed by atoms with Gasteiger partial charge in [-0.2, -0.15) is 0 Å². The van der Waals surface area contributed by atoms with E-state index in [0.717, 1.165) is 16.3 Å². The highest BCUT2D eigenvalue weighted by Crippen LogP contribution is 2.22. The third kappa shape index (κ3) is 4.15. The molecule has 7 heteroatoms. The summed E-state index contributed by atoms with van der Waals surface area (Å²) in [6.07, 6.45) is 1.57. The molecule has 2 heterocycles. The highest BCUT2D eigenvalue weighted by Gasteiger charge is 2.11. The molecular formula is C17H15ClN2O3S. The van der Waals surface area contributed by atoms with Gasteiger partial charge in [-0.05, 0) is 42.8 Å². The predicted octanol–water partition coefficient (Wildman–Crippen LogP) is 4.21. The van der Waals surface area contributed by atoms with Gasteiger partial charge in [0, 0.05) is 10.4 Å². The normalized spacial score (nSPS) is 10.6. The van der Waals surface area contributed by atoms with Crippen LogP contribution in [0.4, 0.5) is 0 Å². The minimum atomic E-state index is -0.240. The number of aromatic nitrogens is 1. The van der Waals surface area contributed by atoms with Gasteiger partial charge in [0.1, 0.15) is 28.8 Å². The second-order valence-electron chi connectivity index (χ2n) is 5.09. The Morgan fingerprint density at radius 2 is 2.29 bits per heavy atom. The number of hydrogen-bond donors (Lipinski definition) is 1. The molecule has 3 aromatic rings. The Kier molecular flexibility index (Phi) is 5.17. The third-order valence-electron chi connectivity index (χ3n) is 3.28. The van der Waals surface area contributed by atoms with Gasteiger partial charge < -0.3 is 14.5 Å². The zero-order valence-corrected chi connectivity index (χ0v) is 14.5. The maximum absolute atomic E-state index is 12.0. The topological polar surface area (TPSA) is 64.4 Å². The van der Waals surface area contributed by atoms with Crippen LogP contribution in [0.15, 0.2) is 46.4 Å². The summed E-state index contributed by atoms with van der Waals surface area (Å²) < 4.78 is 10.9. The summed E-state index contributed by atoms with van der Waals surface area (Å²) in [6, 6.07) is 9.04. The maximum Gasteiger partial charge on any atom is 0.271 e. The van der Waals surface area contributed by atoms with Crippen LogP contribution < -0.4 is 10.1 Å². The van der Waals surface area contributed by atoms with E-state index in [4.69, 9.17) is 20.8 Å². The Morgan fingerprint density at radius 1 is 1.42 bits per heavy atom. The minimum absolute atomic E-state index is 0.240. The first-order valence-electron chi connectivity index (χ1n) is 7.26. The van der Waals surface area contributed by atoms with Gasteiger partial charge in [-0.3, -0.25) is 4.79 Å². The molecule has 2 aromatic heterocycles. The molecule has 0 saturated heterocycles. The van der Waals surface area contributed by atoms with Crippen LogP contribution in [0.3, 0.4) is 0 Å². The van der Waals surface area contributed by atoms with E-state index in [1.165, 1.54) is 11.3 Å². The number of benzene rings is 1. The Morgan fingerprint density at radius 3 is 3.04 bits per heavy atom. The summed E-state index contributed by atoms with van der Waals surface area (Å²) in [6.45, 7) is 2.55. The van der Waals surface area contributed by atoms with Crippen molar-refractivity contribution in [3.8, 4) is 5.75 Å². The molecule has 0 aliphatic carbocycles. The summed E-state index contributed by atoms with van der Waals surface area (Å²) in [4.78, 5) is 16.3. The number of furan rings is 1. The van der Waals surface area contributed by atoms with Gasteiger partial charge >= 0.3 is 0 Å². The Labute approximate surface area is 148 Å². The lowest BCUT2D eigenvalue weighted by Crippen LogP contribution is -2.22. The number of hydrogen-bond acceptors (Lipinski definition) is 5. The van der Waals surface area contributed by atoms with Gasteiger partial charge in [0.25, 0.3) is 5.91 Å². The molecule has 0 aliphatic heterocycles. The first-order valence-corrected chi connectivity index (χ1v) is 8.51. The third-order valence-corrected chi connectivity index (χ3v) is 4.53. The van der Waals surface area contributed by atoms with Crippen molar-refractivity contribution in [1.29, 1.82) is 0 Å². The Balaban J connectivity index is 1.54. The zero-order valence-electron chi connectivity index (χ0n) is 12.9. The number of nitrogens with one attached hydrogen (secondary N) is 1. The Hall–Kier alpha value is -2.31. The highest BCUT2D eigenvalue weighted by molar-refractivity contribution is 7.09. The highest BCUT2D eigenvalue weighted by atomic mass is 35.5. The molecule has 5 nitrogen and oxygen atoms in total. The van der Waals surface area contributed by atoms with E-state index in [1.54, 1.807) is 35.9 Å². The van der Waals surface area contributed by atoms with E-state index in [1.807, 2.05) is 13.0 Å². The molecule has 1 N–H and O–H groups in total. The summed E-state index contributed by atoms with van der Waals surface area (Å²) in [5.74, 6) is 1.17. The van der Waals surface area contributed by atoms with E-state index in [-0.39, 0.29) is 5.91 Å². The van der Waals surface area contributed by atoms with Crippen molar-refractivity contribution in [2.75, 3.05) is 0 Å². The van der Waals surface area contributed by atoms with Gasteiger partial charge in [-0.15, -0.1) is 11.3 Å². The van der Waals surface area contributed by atoms with E-state index in [2.05, 4.69) is 10.3 Å². The van der Waals surface area contributed by atoms with Crippen LogP contribution in [-0.4, -0.2) is 10.9 Å². The van der Waals surface area contributed by atoms with Crippen LogP contribution in [-0.2, 0) is 13.2 Å². The number of halogens is 1. The summed E-state index contributed by atoms with van der Waals surface area (Å²) in [7, 11) is 0. The molecule has 0 unspecified atom stereocenters. The molecule has 0 aliphatic rings. The first kappa shape index (κ1) is 16.5. The van der Waals surface area contributed by atoms with Gasteiger partial charge in [-0.25, -0.2) is 4.98 Å². The molecule has 124 valence electrons. The van der Waals surface area contributed by atoms with Gasteiger partial charge in [0.05, 0.1) is 12.8 Å². The van der Waals surface area contributed by atoms with Crippen LogP contribution >= 0.6 is 22.9 Å². The predicted molar refractivity (Wildman–Crippen MR) is 92.5 cm³/mol. The molecule has 0 fully saturated rings. The molecule has 0 atom stereocenters. The standard InChI is InChI=1S/C17H15ClN2O3S/c1-11-7-12(4-5-14(11)18)23-9-16-20-15(10-24-16)17(21)19-8-13-3-2-6-22-13/h2-7,10H,8-9H2,1H3,(H,19,21). The van der Waals surface area contributed by atoms with E-state index >= 15 is 0 Å². The van der Waals surface area contributed by atoms with Crippen LogP contribution in [0.2, 0.25) is 5.02 Å². The molecule has 0 saturated carbocycles. The molecule has 0 bridgehead atoms. The number of nitrogens with zero attached hydrogens (tertiary/aromatic N) is 1. The monoisotopic (exact) mass is 362 g/mol. The van der Waals surface area contributed by atoms with Crippen molar-refractivity contribution in [2.24, 2.45) is 0 Å². The number of carbonyl (C=O) groups excluding carboxylic acids is 1. The zero-order chi connectivity index (χ0) is 16.9. The Bertz CT molecular complexity index is 830. The van der Waals surface area contributed by atoms with Crippen molar-refractivity contribution < 1.29 is 13.9 Å². The number of thiazole rings is 1. The fourth-order valence-corrected chi connectivity index (χ4v) is 2.81. The molecular weight excluding hydrogens is 348 g/mol. The maximum atomic E-state index is 12.0. The second-order valence-corrected chi connectivity index (χ2v) is 6.44. The van der Waals surface area contributed by atoms with Crippen molar-refractivity contribution in [3.63, 3.8) is 0 Å². The number of aryl methyl sites for hydroxylation is 1. The van der Waals surface area contributed by atoms with Crippen LogP contribution in [0, 0.1) is 6.92 Å². The number of ether oxygens (including phenoxy) is 1. The average molecular weight is 363 g/mol. The van der Waals surface area contributed by atoms with Crippen LogP contribution in [0.1, 0.15) is 26.8 Å². The average Bonchev–Trinajstić information content (AvgIpc) is 3.25. The number of amides is 1. The summed E-state index contributed by atoms with van der Waals surface area (Å²) >= 11 is 7.37. The molecule has 0 spiro atoms. The second kappa shape index (κ2) is 7.51. The molecule has 0 radical (unpaired) electrons. The summed E-state index contributed by atoms with van der Waals surface area (Å²) in [5.41, 5.74) is 1.32.